The molecule has 1 N–H and O–H groups in total. The van der Waals surface area contributed by atoms with Gasteiger partial charge >= 0.3 is 19.8 Å². The zero-order valence-corrected chi connectivity index (χ0v) is 59.1. The van der Waals surface area contributed by atoms with Crippen LogP contribution in [0.2, 0.25) is 0 Å². The Hall–Kier alpha value is -3.07. The third-order valence-electron chi connectivity index (χ3n) is 16.1. The Morgan fingerprint density at radius 2 is 0.614 bits per heavy atom. The number of phosphoric ester groups is 1. The second-order valence-electron chi connectivity index (χ2n) is 25.9. The van der Waals surface area contributed by atoms with Gasteiger partial charge in [-0.3, -0.25) is 18.6 Å². The Balaban J connectivity index is 3.97. The van der Waals surface area contributed by atoms with E-state index in [1.54, 1.807) is 0 Å². The number of likely N-dealkylation sites (N-methyl/N-ethyl adjacent to an activating group) is 1. The first-order valence-corrected chi connectivity index (χ1v) is 38.5. The van der Waals surface area contributed by atoms with Gasteiger partial charge in [-0.1, -0.05) is 329 Å². The first-order chi connectivity index (χ1) is 43.0. The van der Waals surface area contributed by atoms with E-state index in [1.807, 2.05) is 21.1 Å². The topological polar surface area (TPSA) is 108 Å². The molecule has 9 nitrogen and oxygen atoms in total. The van der Waals surface area contributed by atoms with Gasteiger partial charge in [0.1, 0.15) is 19.8 Å². The highest BCUT2D eigenvalue weighted by Gasteiger charge is 2.27. The van der Waals surface area contributed by atoms with Crippen LogP contribution in [0.3, 0.4) is 0 Å². The molecule has 0 heterocycles. The molecule has 88 heavy (non-hydrogen) atoms. The fourth-order valence-electron chi connectivity index (χ4n) is 10.5. The number of hydrogen-bond donors (Lipinski definition) is 1. The molecule has 2 atom stereocenters. The number of allylic oxidation sites excluding steroid dienone is 16. The fourth-order valence-corrected chi connectivity index (χ4v) is 11.3. The van der Waals surface area contributed by atoms with Crippen molar-refractivity contribution in [3.8, 4) is 0 Å². The van der Waals surface area contributed by atoms with E-state index in [4.69, 9.17) is 18.5 Å². The van der Waals surface area contributed by atoms with Gasteiger partial charge in [-0.15, -0.1) is 0 Å². The van der Waals surface area contributed by atoms with Crippen LogP contribution in [0.5, 0.6) is 0 Å². The van der Waals surface area contributed by atoms with E-state index in [0.29, 0.717) is 17.4 Å². The van der Waals surface area contributed by atoms with Crippen LogP contribution in [0, 0.1) is 0 Å². The molecule has 0 saturated carbocycles. The van der Waals surface area contributed by atoms with E-state index in [-0.39, 0.29) is 32.0 Å². The molecule has 0 aliphatic rings. The summed E-state index contributed by atoms with van der Waals surface area (Å²) in [6, 6.07) is 0. The molecule has 0 amide bonds. The lowest BCUT2D eigenvalue weighted by Gasteiger charge is -2.24. The highest BCUT2D eigenvalue weighted by atomic mass is 31.2. The van der Waals surface area contributed by atoms with E-state index in [2.05, 4.69) is 111 Å². The molecule has 0 aromatic carbocycles. The number of rotatable bonds is 68. The van der Waals surface area contributed by atoms with Crippen LogP contribution >= 0.6 is 7.82 Å². The first kappa shape index (κ1) is 84.9. The molecule has 0 saturated heterocycles. The highest BCUT2D eigenvalue weighted by Crippen LogP contribution is 2.43. The maximum atomic E-state index is 12.9. The van der Waals surface area contributed by atoms with Gasteiger partial charge in [0.15, 0.2) is 6.10 Å². The van der Waals surface area contributed by atoms with E-state index < -0.39 is 26.5 Å². The van der Waals surface area contributed by atoms with Gasteiger partial charge in [-0.2, -0.15) is 0 Å². The van der Waals surface area contributed by atoms with Crippen LogP contribution in [0.4, 0.5) is 0 Å². The molecular weight excluding hydrogens is 1110 g/mol. The second kappa shape index (κ2) is 68.3. The number of unbranched alkanes of at least 4 members (excludes halogenated alkanes) is 38. The Morgan fingerprint density at radius 1 is 0.352 bits per heavy atom. The minimum Gasteiger partial charge on any atom is -0.462 e. The Morgan fingerprint density at radius 3 is 0.909 bits per heavy atom. The number of nitrogens with zero attached hydrogens (tertiary/aromatic N) is 1. The SMILES string of the molecule is CC/C=C\C/C=C\C/C=C\C/C=C\CCCCCCCCCCCCCCCCCCCCCCCCC(=O)OC(COC(=O)CCCCCCCCCCCCCCCCCC/C=C\C/C=C\C/C=C\C/C=C\CC)COP(=O)(O)OCC[N+](C)(C)C. The zero-order valence-electron chi connectivity index (χ0n) is 58.2. The van der Waals surface area contributed by atoms with Crippen molar-refractivity contribution in [2.24, 2.45) is 0 Å². The number of phosphoric acid groups is 1. The van der Waals surface area contributed by atoms with Crippen molar-refractivity contribution in [3.63, 3.8) is 0 Å². The Labute approximate surface area is 544 Å². The fraction of sp³-hybridized carbons (Fsp3) is 0.769. The number of hydrogen-bond acceptors (Lipinski definition) is 7. The summed E-state index contributed by atoms with van der Waals surface area (Å²) in [5.41, 5.74) is 0. The number of quaternary nitrogens is 1. The average molecular weight is 1250 g/mol. The van der Waals surface area contributed by atoms with E-state index in [0.717, 1.165) is 83.5 Å². The van der Waals surface area contributed by atoms with Crippen LogP contribution in [-0.4, -0.2) is 74.9 Å². The lowest BCUT2D eigenvalue weighted by molar-refractivity contribution is -0.870. The Bertz CT molecular complexity index is 1810. The molecular formula is C78H141NO8P+. The minimum atomic E-state index is -4.40. The molecule has 0 radical (unpaired) electrons. The summed E-state index contributed by atoms with van der Waals surface area (Å²) < 4.78 is 34.8. The van der Waals surface area contributed by atoms with Crippen molar-refractivity contribution >= 4 is 19.8 Å². The zero-order chi connectivity index (χ0) is 64.1. The Kier molecular flexibility index (Phi) is 65.9. The molecule has 0 aliphatic carbocycles. The van der Waals surface area contributed by atoms with Crippen molar-refractivity contribution in [3.05, 3.63) is 97.2 Å². The van der Waals surface area contributed by atoms with Gasteiger partial charge in [0.05, 0.1) is 27.7 Å². The van der Waals surface area contributed by atoms with Gasteiger partial charge < -0.3 is 18.9 Å². The summed E-state index contributed by atoms with van der Waals surface area (Å²) in [7, 11) is 1.49. The smallest absolute Gasteiger partial charge is 0.462 e. The van der Waals surface area contributed by atoms with E-state index >= 15 is 0 Å². The molecule has 510 valence electrons. The maximum absolute atomic E-state index is 12.9. The molecule has 0 spiro atoms. The van der Waals surface area contributed by atoms with Gasteiger partial charge in [-0.05, 0) is 89.9 Å². The van der Waals surface area contributed by atoms with Crippen LogP contribution in [0.1, 0.15) is 335 Å². The van der Waals surface area contributed by atoms with Crippen LogP contribution in [0.15, 0.2) is 97.2 Å². The molecule has 0 aromatic rings. The van der Waals surface area contributed by atoms with Gasteiger partial charge in [0.25, 0.3) is 0 Å². The maximum Gasteiger partial charge on any atom is 0.472 e. The van der Waals surface area contributed by atoms with Crippen LogP contribution < -0.4 is 0 Å². The first-order valence-electron chi connectivity index (χ1n) is 37.0. The molecule has 2 unspecified atom stereocenters. The summed E-state index contributed by atoms with van der Waals surface area (Å²) >= 11 is 0. The normalized spacial score (nSPS) is 13.7. The predicted molar refractivity (Wildman–Crippen MR) is 381 cm³/mol. The molecule has 0 bridgehead atoms. The van der Waals surface area contributed by atoms with E-state index in [9.17, 15) is 19.0 Å². The number of ether oxygens (including phenoxy) is 2. The molecule has 0 aliphatic heterocycles. The highest BCUT2D eigenvalue weighted by molar-refractivity contribution is 7.47. The van der Waals surface area contributed by atoms with Gasteiger partial charge in [0.2, 0.25) is 0 Å². The quantitative estimate of drug-likeness (QED) is 0.0211. The summed E-state index contributed by atoms with van der Waals surface area (Å²) in [5.74, 6) is -0.783. The molecule has 0 rings (SSSR count). The average Bonchev–Trinajstić information content (AvgIpc) is 3.57. The number of carbonyl (C=O) groups excluding carboxylic acids is 2. The molecule has 0 fully saturated rings. The van der Waals surface area contributed by atoms with Crippen LogP contribution in [0.25, 0.3) is 0 Å². The number of carbonyl (C=O) groups is 2. The van der Waals surface area contributed by atoms with Gasteiger partial charge in [-0.25, -0.2) is 4.57 Å². The van der Waals surface area contributed by atoms with Crippen molar-refractivity contribution in [2.75, 3.05) is 47.5 Å². The largest absolute Gasteiger partial charge is 0.472 e. The monoisotopic (exact) mass is 1250 g/mol. The second-order valence-corrected chi connectivity index (χ2v) is 27.4. The lowest BCUT2D eigenvalue weighted by Crippen LogP contribution is -2.37. The third kappa shape index (κ3) is 72.0. The van der Waals surface area contributed by atoms with Gasteiger partial charge in [0, 0.05) is 12.8 Å². The molecule has 10 heteroatoms. The predicted octanol–water partition coefficient (Wildman–Crippen LogP) is 24.3. The standard InChI is InChI=1S/C78H140NO8P/c1-6-8-10-12-14-16-18-20-22-24-26-28-30-32-34-36-37-38-39-40-41-43-45-47-49-51-53-55-57-59-61-63-65-67-69-71-78(81)87-76(75-86-88(82,83)85-73-72-79(3,4)5)74-84-77(80)70-68-66-64-62-60-58-56-54-52-50-48-46-44-42-35-33-31-29-27-25-23-21-19-17-15-13-11-9-7-2/h8-11,14-17,20-23,26-29,76H,6-7,12-13,18-19,24-25,30-75H2,1-5H3/p+1/b10-8-,11-9-,16-14-,17-15-,22-20-,23-21-,28-26-,29-27-. The summed E-state index contributed by atoms with van der Waals surface area (Å²) in [5, 5.41) is 0. The van der Waals surface area contributed by atoms with Crippen molar-refractivity contribution in [1.29, 1.82) is 0 Å². The third-order valence-corrected chi connectivity index (χ3v) is 17.1. The molecule has 0 aromatic heterocycles. The summed E-state index contributed by atoms with van der Waals surface area (Å²) in [4.78, 5) is 35.9. The van der Waals surface area contributed by atoms with Crippen molar-refractivity contribution in [1.82, 2.24) is 0 Å². The van der Waals surface area contributed by atoms with Crippen molar-refractivity contribution < 1.29 is 42.1 Å². The minimum absolute atomic E-state index is 0.0312. The summed E-state index contributed by atoms with van der Waals surface area (Å²) in [6.45, 7) is 4.25. The number of esters is 2. The van der Waals surface area contributed by atoms with Crippen molar-refractivity contribution in [2.45, 2.75) is 341 Å². The van der Waals surface area contributed by atoms with E-state index in [1.165, 1.54) is 218 Å². The van der Waals surface area contributed by atoms with Crippen LogP contribution in [-0.2, 0) is 32.7 Å². The summed E-state index contributed by atoms with van der Waals surface area (Å²) in [6.07, 6.45) is 95.3. The lowest BCUT2D eigenvalue weighted by atomic mass is 10.0.